The van der Waals surface area contributed by atoms with Crippen molar-refractivity contribution in [2.75, 3.05) is 5.75 Å². The maximum absolute atomic E-state index is 11.2. The molecule has 0 saturated carbocycles. The Bertz CT molecular complexity index is 621. The summed E-state index contributed by atoms with van der Waals surface area (Å²) in [4.78, 5) is 21.6. The molecule has 0 aliphatic rings. The average Bonchev–Trinajstić information content (AvgIpc) is 2.96. The number of rotatable bonds is 5. The molecule has 0 bridgehead atoms. The summed E-state index contributed by atoms with van der Waals surface area (Å²) >= 11 is 1.22. The first-order valence-corrected chi connectivity index (χ1v) is 6.65. The minimum absolute atomic E-state index is 0.121. The zero-order valence-electron chi connectivity index (χ0n) is 10.6. The third kappa shape index (κ3) is 3.60. The smallest absolute Gasteiger partial charge is 0.318 e. The van der Waals surface area contributed by atoms with Gasteiger partial charge >= 0.3 is 6.03 Å². The molecular formula is C11H12N4O4S. The Kier molecular flexibility index (Phi) is 4.41. The number of primary amides is 1. The Morgan fingerprint density at radius 3 is 2.90 bits per heavy atom. The van der Waals surface area contributed by atoms with Crippen LogP contribution in [-0.2, 0) is 4.79 Å². The topological polar surface area (TPSA) is 124 Å². The number of nitrogens with two attached hydrogens (primary N) is 1. The Morgan fingerprint density at radius 1 is 1.45 bits per heavy atom. The van der Waals surface area contributed by atoms with Crippen LogP contribution < -0.4 is 11.1 Å². The van der Waals surface area contributed by atoms with Gasteiger partial charge in [0.05, 0.1) is 11.8 Å². The van der Waals surface area contributed by atoms with Gasteiger partial charge in [0.2, 0.25) is 5.91 Å². The van der Waals surface area contributed by atoms with E-state index in [4.69, 9.17) is 14.6 Å². The quantitative estimate of drug-likeness (QED) is 0.797. The summed E-state index contributed by atoms with van der Waals surface area (Å²) in [6.45, 7) is 1.79. The van der Waals surface area contributed by atoms with E-state index >= 15 is 0 Å². The highest BCUT2D eigenvalue weighted by Gasteiger charge is 2.13. The molecule has 0 aromatic carbocycles. The molecule has 0 saturated heterocycles. The summed E-state index contributed by atoms with van der Waals surface area (Å²) in [5.41, 5.74) is 5.55. The van der Waals surface area contributed by atoms with Crippen molar-refractivity contribution in [2.24, 2.45) is 5.73 Å². The van der Waals surface area contributed by atoms with E-state index in [1.54, 1.807) is 13.0 Å². The first-order valence-electron chi connectivity index (χ1n) is 5.66. The Morgan fingerprint density at radius 2 is 2.25 bits per heavy atom. The third-order valence-electron chi connectivity index (χ3n) is 2.31. The molecule has 20 heavy (non-hydrogen) atoms. The fraction of sp³-hybridized carbons (Fsp3) is 0.273. The monoisotopic (exact) mass is 296 g/mol. The first-order chi connectivity index (χ1) is 9.56. The van der Waals surface area contributed by atoms with Crippen LogP contribution in [0.15, 0.2) is 26.4 Å². The van der Waals surface area contributed by atoms with E-state index in [0.29, 0.717) is 22.6 Å². The molecule has 2 rings (SSSR count). The zero-order chi connectivity index (χ0) is 14.5. The van der Waals surface area contributed by atoms with E-state index < -0.39 is 11.9 Å². The summed E-state index contributed by atoms with van der Waals surface area (Å²) in [5.74, 6) is 0.993. The van der Waals surface area contributed by atoms with Crippen molar-refractivity contribution in [3.8, 4) is 11.5 Å². The summed E-state index contributed by atoms with van der Waals surface area (Å²) in [5, 5.41) is 10.1. The molecule has 0 fully saturated rings. The normalized spacial score (nSPS) is 10.4. The van der Waals surface area contributed by atoms with Gasteiger partial charge in [0, 0.05) is 12.2 Å². The Hall–Kier alpha value is -2.29. The predicted molar refractivity (Wildman–Crippen MR) is 69.8 cm³/mol. The lowest BCUT2D eigenvalue weighted by atomic mass is 10.3. The molecule has 0 atom stereocenters. The van der Waals surface area contributed by atoms with E-state index in [0.717, 1.165) is 5.56 Å². The van der Waals surface area contributed by atoms with E-state index in [-0.39, 0.29) is 6.42 Å². The number of carbonyl (C=O) groups is 2. The van der Waals surface area contributed by atoms with Crippen molar-refractivity contribution in [1.82, 2.24) is 15.5 Å². The summed E-state index contributed by atoms with van der Waals surface area (Å²) in [6, 6.07) is 0.868. The number of furan rings is 1. The van der Waals surface area contributed by atoms with Gasteiger partial charge in [-0.15, -0.1) is 10.2 Å². The number of nitrogens with one attached hydrogen (secondary N) is 1. The number of urea groups is 1. The molecular weight excluding hydrogens is 284 g/mol. The van der Waals surface area contributed by atoms with Gasteiger partial charge in [-0.2, -0.15) is 0 Å². The van der Waals surface area contributed by atoms with Gasteiger partial charge in [-0.3, -0.25) is 10.1 Å². The van der Waals surface area contributed by atoms with Crippen molar-refractivity contribution >= 4 is 23.7 Å². The molecule has 3 amide bonds. The van der Waals surface area contributed by atoms with Crippen LogP contribution in [0.3, 0.4) is 0 Å². The van der Waals surface area contributed by atoms with Gasteiger partial charge in [-0.25, -0.2) is 4.79 Å². The van der Waals surface area contributed by atoms with Crippen LogP contribution >= 0.6 is 11.8 Å². The molecule has 0 aliphatic heterocycles. The fourth-order valence-corrected chi connectivity index (χ4v) is 2.11. The summed E-state index contributed by atoms with van der Waals surface area (Å²) in [6.07, 6.45) is 1.66. The number of hydrogen-bond donors (Lipinski definition) is 2. The summed E-state index contributed by atoms with van der Waals surface area (Å²) in [7, 11) is 0. The standard InChI is InChI=1S/C11H12N4O4S/c1-6-7(2-4-18-6)9-14-15-11(19-9)20-5-3-8(16)13-10(12)17/h2,4H,3,5H2,1H3,(H3,12,13,16,17). The number of imide groups is 1. The van der Waals surface area contributed by atoms with Crippen molar-refractivity contribution in [3.05, 3.63) is 18.1 Å². The number of aryl methyl sites for hydroxylation is 1. The van der Waals surface area contributed by atoms with Gasteiger partial charge in [0.25, 0.3) is 11.1 Å². The van der Waals surface area contributed by atoms with Gasteiger partial charge in [-0.05, 0) is 13.0 Å². The Labute approximate surface area is 118 Å². The molecule has 3 N–H and O–H groups in total. The highest BCUT2D eigenvalue weighted by Crippen LogP contribution is 2.26. The molecule has 9 heteroatoms. The lowest BCUT2D eigenvalue weighted by Crippen LogP contribution is -2.35. The van der Waals surface area contributed by atoms with E-state index in [1.807, 2.05) is 5.32 Å². The van der Waals surface area contributed by atoms with Crippen LogP contribution in [0.4, 0.5) is 4.79 Å². The first kappa shape index (κ1) is 14.1. The maximum Gasteiger partial charge on any atom is 0.318 e. The van der Waals surface area contributed by atoms with Crippen molar-refractivity contribution in [3.63, 3.8) is 0 Å². The number of amides is 3. The fourth-order valence-electron chi connectivity index (χ4n) is 1.41. The third-order valence-corrected chi connectivity index (χ3v) is 3.13. The predicted octanol–water partition coefficient (Wildman–Crippen LogP) is 1.32. The lowest BCUT2D eigenvalue weighted by Gasteiger charge is -1.98. The molecule has 8 nitrogen and oxygen atoms in total. The number of hydrogen-bond acceptors (Lipinski definition) is 7. The molecule has 2 aromatic heterocycles. The largest absolute Gasteiger partial charge is 0.469 e. The second-order valence-corrected chi connectivity index (χ2v) is 4.82. The minimum Gasteiger partial charge on any atom is -0.469 e. The number of aromatic nitrogens is 2. The SMILES string of the molecule is Cc1occc1-c1nnc(SCCC(=O)NC(N)=O)o1. The zero-order valence-corrected chi connectivity index (χ0v) is 11.4. The molecule has 0 unspecified atom stereocenters. The molecule has 0 aliphatic carbocycles. The number of carbonyl (C=O) groups excluding carboxylic acids is 2. The molecule has 2 aromatic rings. The van der Waals surface area contributed by atoms with Crippen LogP contribution in [0.1, 0.15) is 12.2 Å². The molecule has 0 spiro atoms. The van der Waals surface area contributed by atoms with Crippen molar-refractivity contribution in [2.45, 2.75) is 18.6 Å². The maximum atomic E-state index is 11.2. The van der Waals surface area contributed by atoms with E-state index in [1.165, 1.54) is 18.0 Å². The Balaban J connectivity index is 1.86. The van der Waals surface area contributed by atoms with Crippen LogP contribution in [0.25, 0.3) is 11.5 Å². The highest BCUT2D eigenvalue weighted by molar-refractivity contribution is 7.99. The highest BCUT2D eigenvalue weighted by atomic mass is 32.2. The molecule has 0 radical (unpaired) electrons. The minimum atomic E-state index is -0.865. The second-order valence-electron chi connectivity index (χ2n) is 3.77. The average molecular weight is 296 g/mol. The van der Waals surface area contributed by atoms with Crippen LogP contribution in [-0.4, -0.2) is 27.9 Å². The molecule has 2 heterocycles. The van der Waals surface area contributed by atoms with Crippen LogP contribution in [0.2, 0.25) is 0 Å². The van der Waals surface area contributed by atoms with Crippen LogP contribution in [0, 0.1) is 6.92 Å². The molecule has 106 valence electrons. The summed E-state index contributed by atoms with van der Waals surface area (Å²) < 4.78 is 10.6. The number of nitrogens with zero attached hydrogens (tertiary/aromatic N) is 2. The number of thioether (sulfide) groups is 1. The van der Waals surface area contributed by atoms with Gasteiger partial charge < -0.3 is 14.6 Å². The van der Waals surface area contributed by atoms with Gasteiger partial charge in [0.15, 0.2) is 0 Å². The van der Waals surface area contributed by atoms with Gasteiger partial charge in [0.1, 0.15) is 5.76 Å². The van der Waals surface area contributed by atoms with Gasteiger partial charge in [-0.1, -0.05) is 11.8 Å². The van der Waals surface area contributed by atoms with E-state index in [9.17, 15) is 9.59 Å². The van der Waals surface area contributed by atoms with Crippen molar-refractivity contribution < 1.29 is 18.4 Å². The van der Waals surface area contributed by atoms with E-state index in [2.05, 4.69) is 10.2 Å². The second kappa shape index (κ2) is 6.24. The van der Waals surface area contributed by atoms with Crippen molar-refractivity contribution in [1.29, 1.82) is 0 Å². The lowest BCUT2D eigenvalue weighted by molar-refractivity contribution is -0.119. The van der Waals surface area contributed by atoms with Crippen LogP contribution in [0.5, 0.6) is 0 Å².